The molecule has 1 aromatic carbocycles. The predicted molar refractivity (Wildman–Crippen MR) is 101 cm³/mol. The first kappa shape index (κ1) is 16.2. The summed E-state index contributed by atoms with van der Waals surface area (Å²) in [7, 11) is 1.88. The Labute approximate surface area is 142 Å². The first-order valence-corrected chi connectivity index (χ1v) is 9.22. The number of para-hydroxylation sites is 1. The highest BCUT2D eigenvalue weighted by Crippen LogP contribution is 2.29. The van der Waals surface area contributed by atoms with E-state index < -0.39 is 0 Å². The lowest BCUT2D eigenvalue weighted by atomic mass is 10.2. The molecule has 0 amide bonds. The molecule has 0 spiro atoms. The maximum atomic E-state index is 4.46. The molecule has 1 aliphatic heterocycles. The number of guanidine groups is 1. The molecule has 0 unspecified atom stereocenters. The van der Waals surface area contributed by atoms with Gasteiger partial charge in [0.1, 0.15) is 0 Å². The van der Waals surface area contributed by atoms with Crippen LogP contribution >= 0.6 is 11.8 Å². The summed E-state index contributed by atoms with van der Waals surface area (Å²) in [6.45, 7) is 7.62. The standard InChI is InChI=1S/C18H26N4S/c1-18(2)13-22(10-11-23-18)17(19-3)20-9-8-15-12-14-6-4-5-7-16(14)21-15/h4-7,12,21H,8-11,13H2,1-3H3,(H,19,20). The molecule has 1 aliphatic rings. The smallest absolute Gasteiger partial charge is 0.193 e. The maximum Gasteiger partial charge on any atom is 0.193 e. The van der Waals surface area contributed by atoms with E-state index in [1.807, 2.05) is 18.8 Å². The molecule has 0 atom stereocenters. The molecule has 0 aliphatic carbocycles. The zero-order chi connectivity index (χ0) is 16.3. The van der Waals surface area contributed by atoms with Crippen molar-refractivity contribution in [3.8, 4) is 0 Å². The Kier molecular flexibility index (Phi) is 4.85. The van der Waals surface area contributed by atoms with Crippen molar-refractivity contribution in [1.82, 2.24) is 15.2 Å². The number of hydrogen-bond acceptors (Lipinski definition) is 2. The molecule has 2 aromatic rings. The Morgan fingerprint density at radius 2 is 2.22 bits per heavy atom. The van der Waals surface area contributed by atoms with E-state index in [0.29, 0.717) is 4.75 Å². The van der Waals surface area contributed by atoms with E-state index in [1.165, 1.54) is 16.6 Å². The Balaban J connectivity index is 1.56. The highest BCUT2D eigenvalue weighted by Gasteiger charge is 2.28. The summed E-state index contributed by atoms with van der Waals surface area (Å²) >= 11 is 2.05. The normalized spacial score (nSPS) is 18.4. The highest BCUT2D eigenvalue weighted by molar-refractivity contribution is 8.00. The van der Waals surface area contributed by atoms with Crippen LogP contribution in [-0.4, -0.2) is 53.0 Å². The molecule has 0 saturated carbocycles. The Bertz CT molecular complexity index is 656. The molecule has 3 rings (SSSR count). The second-order valence-corrected chi connectivity index (χ2v) is 8.44. The van der Waals surface area contributed by atoms with Crippen LogP contribution in [0.5, 0.6) is 0 Å². The molecule has 4 nitrogen and oxygen atoms in total. The van der Waals surface area contributed by atoms with Crippen LogP contribution in [0.2, 0.25) is 0 Å². The minimum Gasteiger partial charge on any atom is -0.358 e. The van der Waals surface area contributed by atoms with E-state index in [-0.39, 0.29) is 0 Å². The zero-order valence-corrected chi connectivity index (χ0v) is 15.0. The number of aromatic amines is 1. The second-order valence-electron chi connectivity index (χ2n) is 6.64. The molecule has 1 fully saturated rings. The number of benzene rings is 1. The Morgan fingerprint density at radius 1 is 1.39 bits per heavy atom. The van der Waals surface area contributed by atoms with Gasteiger partial charge in [-0.1, -0.05) is 18.2 Å². The van der Waals surface area contributed by atoms with Gasteiger partial charge >= 0.3 is 0 Å². The van der Waals surface area contributed by atoms with Crippen molar-refractivity contribution in [2.45, 2.75) is 25.0 Å². The quantitative estimate of drug-likeness (QED) is 0.671. The largest absolute Gasteiger partial charge is 0.358 e. The van der Waals surface area contributed by atoms with Gasteiger partial charge < -0.3 is 15.2 Å². The maximum absolute atomic E-state index is 4.46. The van der Waals surface area contributed by atoms with E-state index in [9.17, 15) is 0 Å². The van der Waals surface area contributed by atoms with Crippen molar-refractivity contribution >= 4 is 28.6 Å². The molecule has 2 heterocycles. The lowest BCUT2D eigenvalue weighted by molar-refractivity contribution is 0.376. The van der Waals surface area contributed by atoms with Crippen LogP contribution in [0.25, 0.3) is 10.9 Å². The van der Waals surface area contributed by atoms with Crippen molar-refractivity contribution in [2.24, 2.45) is 4.99 Å². The van der Waals surface area contributed by atoms with Crippen molar-refractivity contribution in [1.29, 1.82) is 0 Å². The van der Waals surface area contributed by atoms with Gasteiger partial charge in [-0.15, -0.1) is 0 Å². The summed E-state index contributed by atoms with van der Waals surface area (Å²) in [6.07, 6.45) is 0.972. The van der Waals surface area contributed by atoms with Crippen LogP contribution in [0, 0.1) is 0 Å². The van der Waals surface area contributed by atoms with Gasteiger partial charge in [0, 0.05) is 54.8 Å². The number of aliphatic imine (C=N–C) groups is 1. The number of nitrogens with one attached hydrogen (secondary N) is 2. The van der Waals surface area contributed by atoms with Crippen LogP contribution in [0.15, 0.2) is 35.3 Å². The fraction of sp³-hybridized carbons (Fsp3) is 0.500. The van der Waals surface area contributed by atoms with Gasteiger partial charge in [0.15, 0.2) is 5.96 Å². The van der Waals surface area contributed by atoms with Crippen LogP contribution in [0.3, 0.4) is 0 Å². The first-order chi connectivity index (χ1) is 11.1. The average Bonchev–Trinajstić information content (AvgIpc) is 2.93. The summed E-state index contributed by atoms with van der Waals surface area (Å²) in [4.78, 5) is 10.3. The van der Waals surface area contributed by atoms with Gasteiger partial charge in [-0.2, -0.15) is 11.8 Å². The van der Waals surface area contributed by atoms with E-state index in [4.69, 9.17) is 0 Å². The number of rotatable bonds is 3. The molecule has 1 aromatic heterocycles. The van der Waals surface area contributed by atoms with E-state index in [2.05, 4.69) is 64.4 Å². The molecule has 5 heteroatoms. The van der Waals surface area contributed by atoms with Crippen molar-refractivity contribution in [3.63, 3.8) is 0 Å². The lowest BCUT2D eigenvalue weighted by Crippen LogP contribution is -2.51. The molecular weight excluding hydrogens is 304 g/mol. The van der Waals surface area contributed by atoms with Crippen molar-refractivity contribution in [3.05, 3.63) is 36.0 Å². The fourth-order valence-corrected chi connectivity index (χ4v) is 4.22. The van der Waals surface area contributed by atoms with E-state index in [1.54, 1.807) is 0 Å². The number of aromatic nitrogens is 1. The molecule has 0 radical (unpaired) electrons. The highest BCUT2D eigenvalue weighted by atomic mass is 32.2. The van der Waals surface area contributed by atoms with Gasteiger partial charge in [0.25, 0.3) is 0 Å². The molecule has 1 saturated heterocycles. The fourth-order valence-electron chi connectivity index (χ4n) is 3.11. The lowest BCUT2D eigenvalue weighted by Gasteiger charge is -2.39. The minimum absolute atomic E-state index is 0.299. The van der Waals surface area contributed by atoms with Gasteiger partial charge in [0.05, 0.1) is 0 Å². The number of H-pyrrole nitrogens is 1. The minimum atomic E-state index is 0.299. The molecular formula is C18H26N4S. The average molecular weight is 331 g/mol. The summed E-state index contributed by atoms with van der Waals surface area (Å²) in [5, 5.41) is 4.80. The summed E-state index contributed by atoms with van der Waals surface area (Å²) in [5.74, 6) is 2.19. The monoisotopic (exact) mass is 330 g/mol. The number of nitrogens with zero attached hydrogens (tertiary/aromatic N) is 2. The van der Waals surface area contributed by atoms with E-state index in [0.717, 1.165) is 37.8 Å². The van der Waals surface area contributed by atoms with Crippen molar-refractivity contribution < 1.29 is 0 Å². The SMILES string of the molecule is CN=C(NCCc1cc2ccccc2[nH]1)N1CCSC(C)(C)C1. The predicted octanol–water partition coefficient (Wildman–Crippen LogP) is 3.11. The number of thioether (sulfide) groups is 1. The Hall–Kier alpha value is -1.62. The van der Waals surface area contributed by atoms with Gasteiger partial charge in [-0.25, -0.2) is 0 Å². The van der Waals surface area contributed by atoms with Crippen molar-refractivity contribution in [2.75, 3.05) is 32.4 Å². The van der Waals surface area contributed by atoms with Crippen LogP contribution in [0.1, 0.15) is 19.5 Å². The summed E-state index contributed by atoms with van der Waals surface area (Å²) in [6, 6.07) is 10.7. The Morgan fingerprint density at radius 3 is 2.96 bits per heavy atom. The molecule has 0 bridgehead atoms. The molecule has 23 heavy (non-hydrogen) atoms. The van der Waals surface area contributed by atoms with Gasteiger partial charge in [-0.05, 0) is 31.4 Å². The van der Waals surface area contributed by atoms with Crippen LogP contribution in [-0.2, 0) is 6.42 Å². The molecule has 2 N–H and O–H groups in total. The van der Waals surface area contributed by atoms with Crippen LogP contribution < -0.4 is 5.32 Å². The number of fused-ring (bicyclic) bond motifs is 1. The summed E-state index contributed by atoms with van der Waals surface area (Å²) in [5.41, 5.74) is 2.48. The second kappa shape index (κ2) is 6.87. The first-order valence-electron chi connectivity index (χ1n) is 8.24. The van der Waals surface area contributed by atoms with Gasteiger partial charge in [0.2, 0.25) is 0 Å². The van der Waals surface area contributed by atoms with Crippen LogP contribution in [0.4, 0.5) is 0 Å². The zero-order valence-electron chi connectivity index (χ0n) is 14.2. The van der Waals surface area contributed by atoms with E-state index >= 15 is 0 Å². The third-order valence-electron chi connectivity index (χ3n) is 4.20. The molecule has 124 valence electrons. The summed E-state index contributed by atoms with van der Waals surface area (Å²) < 4.78 is 0.299. The third kappa shape index (κ3) is 4.02. The number of hydrogen-bond donors (Lipinski definition) is 2. The topological polar surface area (TPSA) is 43.4 Å². The third-order valence-corrected chi connectivity index (χ3v) is 5.50. The van der Waals surface area contributed by atoms with Gasteiger partial charge in [-0.3, -0.25) is 4.99 Å².